The number of amides is 2. The van der Waals surface area contributed by atoms with Crippen LogP contribution in [-0.2, 0) is 9.59 Å². The SMILES string of the molecule is CCC1NC(=O)CN(c2cc(Br)c(F)cc2F)C1=O. The van der Waals surface area contributed by atoms with Gasteiger partial charge >= 0.3 is 0 Å². The zero-order valence-corrected chi connectivity index (χ0v) is 11.6. The van der Waals surface area contributed by atoms with Gasteiger partial charge in [0.1, 0.15) is 24.2 Å². The van der Waals surface area contributed by atoms with Gasteiger partial charge in [-0.25, -0.2) is 8.78 Å². The van der Waals surface area contributed by atoms with Crippen molar-refractivity contribution in [1.82, 2.24) is 5.32 Å². The van der Waals surface area contributed by atoms with Gasteiger partial charge in [-0.15, -0.1) is 0 Å². The normalized spacial score (nSPS) is 19.6. The highest BCUT2D eigenvalue weighted by molar-refractivity contribution is 9.10. The summed E-state index contributed by atoms with van der Waals surface area (Å²) in [5.41, 5.74) is -0.105. The number of halogens is 3. The molecule has 1 N–H and O–H groups in total. The molecule has 1 aromatic rings. The first kappa shape index (κ1) is 13.9. The molecule has 0 aromatic heterocycles. The van der Waals surface area contributed by atoms with Gasteiger partial charge < -0.3 is 5.32 Å². The van der Waals surface area contributed by atoms with Crippen molar-refractivity contribution in [3.05, 3.63) is 28.2 Å². The number of rotatable bonds is 2. The third-order valence-electron chi connectivity index (χ3n) is 2.89. The van der Waals surface area contributed by atoms with Crippen molar-refractivity contribution in [2.24, 2.45) is 0 Å². The lowest BCUT2D eigenvalue weighted by molar-refractivity contribution is -0.131. The minimum absolute atomic E-state index is 0.0377. The summed E-state index contributed by atoms with van der Waals surface area (Å²) in [7, 11) is 0. The van der Waals surface area contributed by atoms with Crippen molar-refractivity contribution in [2.45, 2.75) is 19.4 Å². The lowest BCUT2D eigenvalue weighted by Crippen LogP contribution is -2.58. The minimum Gasteiger partial charge on any atom is -0.343 e. The number of carbonyl (C=O) groups excluding carboxylic acids is 2. The molecule has 1 fully saturated rings. The molecule has 1 saturated heterocycles. The number of piperazine rings is 1. The van der Waals surface area contributed by atoms with E-state index in [1.165, 1.54) is 0 Å². The molecule has 19 heavy (non-hydrogen) atoms. The monoisotopic (exact) mass is 332 g/mol. The Hall–Kier alpha value is -1.50. The van der Waals surface area contributed by atoms with E-state index >= 15 is 0 Å². The minimum atomic E-state index is -0.876. The van der Waals surface area contributed by atoms with Crippen LogP contribution in [0.1, 0.15) is 13.3 Å². The quantitative estimate of drug-likeness (QED) is 0.842. The Labute approximate surface area is 116 Å². The van der Waals surface area contributed by atoms with E-state index in [9.17, 15) is 18.4 Å². The molecule has 0 spiro atoms. The van der Waals surface area contributed by atoms with Gasteiger partial charge in [-0.2, -0.15) is 0 Å². The maximum atomic E-state index is 13.8. The molecule has 0 saturated carbocycles. The summed E-state index contributed by atoms with van der Waals surface area (Å²) < 4.78 is 27.0. The number of nitrogens with zero attached hydrogens (tertiary/aromatic N) is 1. The Morgan fingerprint density at radius 1 is 1.37 bits per heavy atom. The lowest BCUT2D eigenvalue weighted by Gasteiger charge is -2.32. The van der Waals surface area contributed by atoms with E-state index in [-0.39, 0.29) is 22.6 Å². The van der Waals surface area contributed by atoms with E-state index in [2.05, 4.69) is 21.2 Å². The number of hydrogen-bond donors (Lipinski definition) is 1. The summed E-state index contributed by atoms with van der Waals surface area (Å²) >= 11 is 2.93. The summed E-state index contributed by atoms with van der Waals surface area (Å²) in [6.07, 6.45) is 0.408. The van der Waals surface area contributed by atoms with Crippen LogP contribution in [0.3, 0.4) is 0 Å². The smallest absolute Gasteiger partial charge is 0.250 e. The summed E-state index contributed by atoms with van der Waals surface area (Å²) in [5.74, 6) is -2.41. The summed E-state index contributed by atoms with van der Waals surface area (Å²) in [5, 5.41) is 2.52. The molecule has 1 atom stereocenters. The van der Waals surface area contributed by atoms with Crippen LogP contribution in [0.25, 0.3) is 0 Å². The third kappa shape index (κ3) is 2.60. The van der Waals surface area contributed by atoms with Crippen molar-refractivity contribution in [3.8, 4) is 0 Å². The summed E-state index contributed by atoms with van der Waals surface area (Å²) in [4.78, 5) is 24.6. The van der Waals surface area contributed by atoms with Crippen molar-refractivity contribution in [1.29, 1.82) is 0 Å². The van der Waals surface area contributed by atoms with Crippen LogP contribution in [-0.4, -0.2) is 24.4 Å². The molecule has 1 unspecified atom stereocenters. The number of benzene rings is 1. The number of anilines is 1. The van der Waals surface area contributed by atoms with Crippen molar-refractivity contribution < 1.29 is 18.4 Å². The van der Waals surface area contributed by atoms with Gasteiger partial charge in [0.15, 0.2) is 0 Å². The largest absolute Gasteiger partial charge is 0.343 e. The summed E-state index contributed by atoms with van der Waals surface area (Å²) in [6.45, 7) is 1.47. The number of nitrogens with one attached hydrogen (secondary N) is 1. The van der Waals surface area contributed by atoms with Crippen molar-refractivity contribution in [3.63, 3.8) is 0 Å². The molecule has 7 heteroatoms. The van der Waals surface area contributed by atoms with Crippen LogP contribution in [0.4, 0.5) is 14.5 Å². The average molecular weight is 333 g/mol. The van der Waals surface area contributed by atoms with E-state index in [0.29, 0.717) is 12.5 Å². The topological polar surface area (TPSA) is 49.4 Å². The second-order valence-electron chi connectivity index (χ2n) is 4.17. The first-order valence-electron chi connectivity index (χ1n) is 5.69. The van der Waals surface area contributed by atoms with Crippen LogP contribution < -0.4 is 10.2 Å². The number of hydrogen-bond acceptors (Lipinski definition) is 2. The molecule has 2 rings (SSSR count). The number of carbonyl (C=O) groups is 2. The first-order chi connectivity index (χ1) is 8.93. The second kappa shape index (κ2) is 5.24. The van der Waals surface area contributed by atoms with E-state index < -0.39 is 23.6 Å². The molecule has 102 valence electrons. The highest BCUT2D eigenvalue weighted by atomic mass is 79.9. The maximum absolute atomic E-state index is 13.8. The molecule has 1 aliphatic rings. The molecule has 0 aliphatic carbocycles. The van der Waals surface area contributed by atoms with E-state index in [1.807, 2.05) is 0 Å². The Morgan fingerprint density at radius 3 is 2.68 bits per heavy atom. The van der Waals surface area contributed by atoms with Crippen molar-refractivity contribution in [2.75, 3.05) is 11.4 Å². The molecule has 0 bridgehead atoms. The Balaban J connectivity index is 2.42. The fourth-order valence-electron chi connectivity index (χ4n) is 1.91. The molecule has 4 nitrogen and oxygen atoms in total. The maximum Gasteiger partial charge on any atom is 0.250 e. The van der Waals surface area contributed by atoms with E-state index in [0.717, 1.165) is 11.0 Å². The standard InChI is InChI=1S/C12H11BrF2N2O2/c1-2-9-12(19)17(5-11(18)16-9)10-3-6(13)7(14)4-8(10)15/h3-4,9H,2,5H2,1H3,(H,16,18). The zero-order chi connectivity index (χ0) is 14.2. The van der Waals surface area contributed by atoms with Crippen molar-refractivity contribution >= 4 is 33.4 Å². The predicted octanol–water partition coefficient (Wildman–Crippen LogP) is 1.97. The Morgan fingerprint density at radius 2 is 2.05 bits per heavy atom. The van der Waals surface area contributed by atoms with Crippen LogP contribution in [0, 0.1) is 11.6 Å². The Kier molecular flexibility index (Phi) is 3.84. The molecular formula is C12H11BrF2N2O2. The molecule has 2 amide bonds. The predicted molar refractivity (Wildman–Crippen MR) is 68.6 cm³/mol. The Bertz CT molecular complexity index is 551. The lowest BCUT2D eigenvalue weighted by atomic mass is 10.1. The molecular weight excluding hydrogens is 322 g/mol. The average Bonchev–Trinajstić information content (AvgIpc) is 2.36. The van der Waals surface area contributed by atoms with Gasteiger partial charge in [-0.1, -0.05) is 6.92 Å². The van der Waals surface area contributed by atoms with E-state index in [1.54, 1.807) is 6.92 Å². The van der Waals surface area contributed by atoms with Gasteiger partial charge in [-0.3, -0.25) is 14.5 Å². The fourth-order valence-corrected chi connectivity index (χ4v) is 2.24. The van der Waals surface area contributed by atoms with Gasteiger partial charge in [0, 0.05) is 6.07 Å². The zero-order valence-electron chi connectivity index (χ0n) is 10.0. The summed E-state index contributed by atoms with van der Waals surface area (Å²) in [6, 6.07) is 1.16. The van der Waals surface area contributed by atoms with Gasteiger partial charge in [0.25, 0.3) is 0 Å². The molecule has 1 aromatic carbocycles. The fraction of sp³-hybridized carbons (Fsp3) is 0.333. The second-order valence-corrected chi connectivity index (χ2v) is 5.02. The highest BCUT2D eigenvalue weighted by Gasteiger charge is 2.33. The van der Waals surface area contributed by atoms with Gasteiger partial charge in [-0.05, 0) is 28.4 Å². The van der Waals surface area contributed by atoms with Crippen LogP contribution in [0.2, 0.25) is 0 Å². The van der Waals surface area contributed by atoms with E-state index in [4.69, 9.17) is 0 Å². The van der Waals surface area contributed by atoms with Crippen LogP contribution in [0.5, 0.6) is 0 Å². The molecule has 0 radical (unpaired) electrons. The third-order valence-corrected chi connectivity index (χ3v) is 3.50. The van der Waals surface area contributed by atoms with Gasteiger partial charge in [0.05, 0.1) is 10.2 Å². The van der Waals surface area contributed by atoms with Crippen LogP contribution in [0.15, 0.2) is 16.6 Å². The molecule has 1 aliphatic heterocycles. The highest BCUT2D eigenvalue weighted by Crippen LogP contribution is 2.28. The van der Waals surface area contributed by atoms with Gasteiger partial charge in [0.2, 0.25) is 11.8 Å². The molecule has 1 heterocycles. The first-order valence-corrected chi connectivity index (χ1v) is 6.48. The van der Waals surface area contributed by atoms with Crippen LogP contribution >= 0.6 is 15.9 Å².